The number of H-pyrrole nitrogens is 1. The highest BCUT2D eigenvalue weighted by Gasteiger charge is 2.02. The number of hydrogen-bond donors (Lipinski definition) is 1. The predicted octanol–water partition coefficient (Wildman–Crippen LogP) is 2.48. The third-order valence-electron chi connectivity index (χ3n) is 1.34. The summed E-state index contributed by atoms with van der Waals surface area (Å²) >= 11 is 6.52. The third-order valence-corrected chi connectivity index (χ3v) is 2.30. The molecule has 2 heterocycles. The van der Waals surface area contributed by atoms with Gasteiger partial charge in [-0.3, -0.25) is 0 Å². The van der Waals surface area contributed by atoms with Crippen LogP contribution in [0.4, 0.5) is 0 Å². The first-order chi connectivity index (χ1) is 5.27. The topological polar surface area (TPSA) is 41.6 Å². The van der Waals surface area contributed by atoms with Gasteiger partial charge < -0.3 is 4.98 Å². The van der Waals surface area contributed by atoms with E-state index in [1.807, 2.05) is 12.3 Å². The summed E-state index contributed by atoms with van der Waals surface area (Å²) in [5.74, 6) is 0. The summed E-state index contributed by atoms with van der Waals surface area (Å²) < 4.78 is 1.38. The first-order valence-corrected chi connectivity index (χ1v) is 4.52. The molecule has 0 atom stereocenters. The fourth-order valence-corrected chi connectivity index (χ4v) is 1.96. The zero-order valence-corrected chi connectivity index (χ0v) is 8.48. The molecule has 0 unspecified atom stereocenters. The van der Waals surface area contributed by atoms with E-state index < -0.39 is 0 Å². The molecular weight excluding hydrogens is 274 g/mol. The molecule has 0 fully saturated rings. The number of hydrogen-bond acceptors (Lipinski definition) is 2. The summed E-state index contributed by atoms with van der Waals surface area (Å²) in [5.41, 5.74) is 0.832. The van der Waals surface area contributed by atoms with Gasteiger partial charge in [0.25, 0.3) is 0 Å². The number of nitrogens with one attached hydrogen (secondary N) is 1. The van der Waals surface area contributed by atoms with Crippen molar-refractivity contribution in [2.75, 3.05) is 0 Å². The molecule has 0 aromatic carbocycles. The maximum atomic E-state index is 4.12. The molecule has 56 valence electrons. The van der Waals surface area contributed by atoms with Crippen LogP contribution in [0.5, 0.6) is 0 Å². The summed E-state index contributed by atoms with van der Waals surface area (Å²) in [6, 6.07) is 1.92. The minimum absolute atomic E-state index is 0.583. The number of aromatic nitrogens is 3. The standard InChI is InChI=1S/C6H3Br2N3/c7-4-3-1-2-9-5(3)11-6(8)10-4/h1-2H,(H,9,10,11). The second-order valence-electron chi connectivity index (χ2n) is 2.02. The first-order valence-electron chi connectivity index (χ1n) is 2.93. The lowest BCUT2D eigenvalue weighted by molar-refractivity contribution is 1.12. The van der Waals surface area contributed by atoms with Gasteiger partial charge in [-0.2, -0.15) is 0 Å². The highest BCUT2D eigenvalue weighted by atomic mass is 79.9. The van der Waals surface area contributed by atoms with Gasteiger partial charge in [0.2, 0.25) is 0 Å². The largest absolute Gasteiger partial charge is 0.346 e. The Kier molecular flexibility index (Phi) is 1.69. The van der Waals surface area contributed by atoms with E-state index in [1.54, 1.807) is 0 Å². The van der Waals surface area contributed by atoms with Crippen LogP contribution in [0, 0.1) is 0 Å². The van der Waals surface area contributed by atoms with E-state index in [0.29, 0.717) is 4.73 Å². The summed E-state index contributed by atoms with van der Waals surface area (Å²) in [6.45, 7) is 0. The van der Waals surface area contributed by atoms with Crippen LogP contribution < -0.4 is 0 Å². The number of halogens is 2. The van der Waals surface area contributed by atoms with Crippen molar-refractivity contribution in [3.63, 3.8) is 0 Å². The quantitative estimate of drug-likeness (QED) is 0.593. The van der Waals surface area contributed by atoms with Gasteiger partial charge in [0.15, 0.2) is 4.73 Å². The molecule has 2 aromatic heterocycles. The second-order valence-corrected chi connectivity index (χ2v) is 3.48. The normalized spacial score (nSPS) is 10.7. The van der Waals surface area contributed by atoms with E-state index in [-0.39, 0.29) is 0 Å². The molecular formula is C6H3Br2N3. The highest BCUT2D eigenvalue weighted by Crippen LogP contribution is 2.20. The lowest BCUT2D eigenvalue weighted by Crippen LogP contribution is -1.84. The van der Waals surface area contributed by atoms with E-state index in [1.165, 1.54) is 0 Å². The van der Waals surface area contributed by atoms with Crippen molar-refractivity contribution in [1.82, 2.24) is 15.0 Å². The lowest BCUT2D eigenvalue weighted by atomic mass is 10.4. The lowest BCUT2D eigenvalue weighted by Gasteiger charge is -1.92. The Labute approximate surface area is 79.5 Å². The molecule has 2 aromatic rings. The molecule has 0 saturated carbocycles. The average molecular weight is 277 g/mol. The minimum Gasteiger partial charge on any atom is -0.346 e. The molecule has 5 heteroatoms. The van der Waals surface area contributed by atoms with Crippen molar-refractivity contribution >= 4 is 42.9 Å². The Balaban J connectivity index is 2.91. The van der Waals surface area contributed by atoms with Crippen molar-refractivity contribution < 1.29 is 0 Å². The molecule has 1 N–H and O–H groups in total. The molecule has 0 radical (unpaired) electrons. The molecule has 11 heavy (non-hydrogen) atoms. The monoisotopic (exact) mass is 275 g/mol. The van der Waals surface area contributed by atoms with Crippen molar-refractivity contribution in [2.24, 2.45) is 0 Å². The highest BCUT2D eigenvalue weighted by molar-refractivity contribution is 9.11. The molecule has 0 aliphatic rings. The van der Waals surface area contributed by atoms with Gasteiger partial charge in [-0.15, -0.1) is 0 Å². The fraction of sp³-hybridized carbons (Fsp3) is 0. The maximum absolute atomic E-state index is 4.12. The van der Waals surface area contributed by atoms with E-state index in [4.69, 9.17) is 0 Å². The maximum Gasteiger partial charge on any atom is 0.199 e. The van der Waals surface area contributed by atoms with Crippen LogP contribution in [0.3, 0.4) is 0 Å². The second kappa shape index (κ2) is 2.57. The van der Waals surface area contributed by atoms with Gasteiger partial charge in [-0.1, -0.05) is 0 Å². The predicted molar refractivity (Wildman–Crippen MR) is 49.3 cm³/mol. The van der Waals surface area contributed by atoms with Gasteiger partial charge in [0.1, 0.15) is 10.3 Å². The Morgan fingerprint density at radius 3 is 2.91 bits per heavy atom. The summed E-state index contributed by atoms with van der Waals surface area (Å²) in [6.07, 6.45) is 1.83. The molecule has 2 rings (SSSR count). The van der Waals surface area contributed by atoms with Crippen LogP contribution in [-0.4, -0.2) is 15.0 Å². The minimum atomic E-state index is 0.583. The van der Waals surface area contributed by atoms with Gasteiger partial charge in [0.05, 0.1) is 5.39 Å². The van der Waals surface area contributed by atoms with Gasteiger partial charge >= 0.3 is 0 Å². The Hall–Kier alpha value is -0.420. The smallest absolute Gasteiger partial charge is 0.199 e. The fourth-order valence-electron chi connectivity index (χ4n) is 0.878. The zero-order valence-electron chi connectivity index (χ0n) is 5.31. The zero-order chi connectivity index (χ0) is 7.84. The van der Waals surface area contributed by atoms with Crippen molar-refractivity contribution in [1.29, 1.82) is 0 Å². The molecule has 0 aliphatic heterocycles. The van der Waals surface area contributed by atoms with E-state index >= 15 is 0 Å². The van der Waals surface area contributed by atoms with Crippen molar-refractivity contribution in [3.8, 4) is 0 Å². The number of nitrogens with zero attached hydrogens (tertiary/aromatic N) is 2. The Bertz CT molecular complexity index is 396. The first kappa shape index (κ1) is 7.24. The molecule has 0 bridgehead atoms. The van der Waals surface area contributed by atoms with Gasteiger partial charge in [0, 0.05) is 6.20 Å². The molecule has 0 saturated heterocycles. The van der Waals surface area contributed by atoms with Crippen molar-refractivity contribution in [2.45, 2.75) is 0 Å². The summed E-state index contributed by atoms with van der Waals surface area (Å²) in [5, 5.41) is 0.994. The summed E-state index contributed by atoms with van der Waals surface area (Å²) in [7, 11) is 0. The SMILES string of the molecule is Brc1nc(Br)c2cc[nH]c2n1. The molecule has 0 spiro atoms. The van der Waals surface area contributed by atoms with Crippen LogP contribution in [0.25, 0.3) is 11.0 Å². The van der Waals surface area contributed by atoms with Crippen LogP contribution >= 0.6 is 31.9 Å². The molecule has 3 nitrogen and oxygen atoms in total. The van der Waals surface area contributed by atoms with Crippen LogP contribution in [0.15, 0.2) is 21.6 Å². The van der Waals surface area contributed by atoms with Crippen LogP contribution in [0.2, 0.25) is 0 Å². The van der Waals surface area contributed by atoms with E-state index in [9.17, 15) is 0 Å². The molecule has 0 aliphatic carbocycles. The van der Waals surface area contributed by atoms with E-state index in [0.717, 1.165) is 15.6 Å². The molecule has 0 amide bonds. The van der Waals surface area contributed by atoms with Crippen LogP contribution in [-0.2, 0) is 0 Å². The van der Waals surface area contributed by atoms with Gasteiger partial charge in [-0.25, -0.2) is 9.97 Å². The van der Waals surface area contributed by atoms with Crippen molar-refractivity contribution in [3.05, 3.63) is 21.6 Å². The number of aromatic amines is 1. The third kappa shape index (κ3) is 1.18. The number of rotatable bonds is 0. The summed E-state index contributed by atoms with van der Waals surface area (Å²) in [4.78, 5) is 11.2. The Morgan fingerprint density at radius 2 is 2.09 bits per heavy atom. The Morgan fingerprint density at radius 1 is 1.27 bits per heavy atom. The number of fused-ring (bicyclic) bond motifs is 1. The van der Waals surface area contributed by atoms with Crippen LogP contribution in [0.1, 0.15) is 0 Å². The van der Waals surface area contributed by atoms with E-state index in [2.05, 4.69) is 46.8 Å². The van der Waals surface area contributed by atoms with Gasteiger partial charge in [-0.05, 0) is 37.9 Å². The average Bonchev–Trinajstić information content (AvgIpc) is 2.34.